The number of nitrogens with zero attached hydrogens (tertiary/aromatic N) is 1. The van der Waals surface area contributed by atoms with Gasteiger partial charge in [-0.1, -0.05) is 17.7 Å². The maximum absolute atomic E-state index is 13.0. The Balaban J connectivity index is 1.64. The lowest BCUT2D eigenvalue weighted by Gasteiger charge is -2.36. The van der Waals surface area contributed by atoms with Gasteiger partial charge in [-0.05, 0) is 46.0 Å². The molecule has 140 valence electrons. The van der Waals surface area contributed by atoms with E-state index in [0.29, 0.717) is 19.4 Å². The molecule has 0 unspecified atom stereocenters. The molecule has 6 heteroatoms. The first kappa shape index (κ1) is 18.9. The number of carbonyl (C=O) groups is 1. The minimum atomic E-state index is -0.796. The molecule has 5 nitrogen and oxygen atoms in total. The molecule has 2 aromatic rings. The quantitative estimate of drug-likeness (QED) is 0.817. The van der Waals surface area contributed by atoms with Gasteiger partial charge in [-0.15, -0.1) is 11.3 Å². The zero-order chi connectivity index (χ0) is 18.6. The number of carbonyl (C=O) groups excluding carboxylic acids is 1. The van der Waals surface area contributed by atoms with E-state index in [1.807, 2.05) is 38.1 Å². The molecule has 1 saturated heterocycles. The van der Waals surface area contributed by atoms with Crippen LogP contribution in [0.1, 0.15) is 34.0 Å². The van der Waals surface area contributed by atoms with Gasteiger partial charge in [-0.2, -0.15) is 0 Å². The number of aryl methyl sites for hydroxylation is 3. The van der Waals surface area contributed by atoms with Gasteiger partial charge in [0.05, 0.1) is 10.7 Å². The monoisotopic (exact) mass is 373 g/mol. The van der Waals surface area contributed by atoms with Gasteiger partial charge in [0.25, 0.3) is 5.91 Å². The molecule has 0 saturated carbocycles. The summed E-state index contributed by atoms with van der Waals surface area (Å²) in [7, 11) is 0. The molecule has 0 aliphatic carbocycles. The van der Waals surface area contributed by atoms with Crippen molar-refractivity contribution in [1.29, 1.82) is 0 Å². The number of ether oxygens (including phenoxy) is 1. The fraction of sp³-hybridized carbons (Fsp3) is 0.500. The summed E-state index contributed by atoms with van der Waals surface area (Å²) in [5.41, 5.74) is 1.46. The van der Waals surface area contributed by atoms with Gasteiger partial charge < -0.3 is 15.4 Å². The van der Waals surface area contributed by atoms with Crippen LogP contribution in [0.15, 0.2) is 24.3 Å². The lowest BCUT2D eigenvalue weighted by molar-refractivity contribution is -0.139. The number of nitrogens with one attached hydrogen (secondary N) is 2. The van der Waals surface area contributed by atoms with Gasteiger partial charge >= 0.3 is 0 Å². The van der Waals surface area contributed by atoms with E-state index < -0.39 is 5.60 Å². The number of amides is 1. The summed E-state index contributed by atoms with van der Waals surface area (Å²) in [6, 6.07) is 7.89. The second-order valence-electron chi connectivity index (χ2n) is 6.91. The lowest BCUT2D eigenvalue weighted by atomic mass is 9.90. The van der Waals surface area contributed by atoms with Crippen molar-refractivity contribution in [2.75, 3.05) is 19.6 Å². The maximum atomic E-state index is 13.0. The van der Waals surface area contributed by atoms with Gasteiger partial charge in [-0.25, -0.2) is 4.98 Å². The van der Waals surface area contributed by atoms with Crippen molar-refractivity contribution < 1.29 is 9.53 Å². The summed E-state index contributed by atoms with van der Waals surface area (Å²) >= 11 is 1.70. The summed E-state index contributed by atoms with van der Waals surface area (Å²) in [5, 5.41) is 7.46. The molecule has 1 fully saturated rings. The van der Waals surface area contributed by atoms with Crippen molar-refractivity contribution in [3.63, 3.8) is 0 Å². The second-order valence-corrected chi connectivity index (χ2v) is 8.20. The highest BCUT2D eigenvalue weighted by Crippen LogP contribution is 2.27. The SMILES string of the molecule is Cc1ccc(OC2(C(=O)NCCc3nc(C)c(C)s3)CCNCC2)cc1. The van der Waals surface area contributed by atoms with E-state index in [1.54, 1.807) is 11.3 Å². The Hall–Kier alpha value is -1.92. The van der Waals surface area contributed by atoms with E-state index >= 15 is 0 Å². The first-order valence-corrected chi connectivity index (χ1v) is 9.98. The van der Waals surface area contributed by atoms with Crippen LogP contribution in [0.2, 0.25) is 0 Å². The Bertz CT molecular complexity index is 729. The number of piperidine rings is 1. The molecule has 3 rings (SSSR count). The standard InChI is InChI=1S/C20H27N3O2S/c1-14-4-6-17(7-5-14)25-20(9-12-21-13-10-20)19(24)22-11-8-18-23-15(2)16(3)26-18/h4-7,21H,8-13H2,1-3H3,(H,22,24). The third-order valence-corrected chi connectivity index (χ3v) is 5.99. The third-order valence-electron chi connectivity index (χ3n) is 4.86. The normalized spacial score (nSPS) is 16.3. The van der Waals surface area contributed by atoms with E-state index in [4.69, 9.17) is 4.74 Å². The van der Waals surface area contributed by atoms with Gasteiger partial charge in [0.2, 0.25) is 0 Å². The molecular weight excluding hydrogens is 346 g/mol. The highest BCUT2D eigenvalue weighted by Gasteiger charge is 2.41. The molecule has 2 N–H and O–H groups in total. The Morgan fingerprint density at radius 2 is 1.92 bits per heavy atom. The minimum Gasteiger partial charge on any atom is -0.477 e. The van der Waals surface area contributed by atoms with Crippen LogP contribution in [0.5, 0.6) is 5.75 Å². The Kier molecular flexibility index (Phi) is 5.94. The average Bonchev–Trinajstić information content (AvgIpc) is 2.95. The first-order valence-electron chi connectivity index (χ1n) is 9.16. The Morgan fingerprint density at radius 1 is 1.23 bits per heavy atom. The second kappa shape index (κ2) is 8.18. The van der Waals surface area contributed by atoms with Crippen molar-refractivity contribution in [2.24, 2.45) is 0 Å². The fourth-order valence-corrected chi connectivity index (χ4v) is 4.06. The van der Waals surface area contributed by atoms with Crippen molar-refractivity contribution in [1.82, 2.24) is 15.6 Å². The van der Waals surface area contributed by atoms with Gasteiger partial charge in [0.15, 0.2) is 5.60 Å². The molecule has 1 aromatic heterocycles. The lowest BCUT2D eigenvalue weighted by Crippen LogP contribution is -2.56. The Morgan fingerprint density at radius 3 is 2.54 bits per heavy atom. The molecule has 0 radical (unpaired) electrons. The molecule has 0 bridgehead atoms. The summed E-state index contributed by atoms with van der Waals surface area (Å²) in [6.45, 7) is 8.28. The zero-order valence-electron chi connectivity index (χ0n) is 15.7. The minimum absolute atomic E-state index is 0.0235. The molecular formula is C20H27N3O2S. The fourth-order valence-electron chi connectivity index (χ4n) is 3.13. The molecule has 1 aromatic carbocycles. The van der Waals surface area contributed by atoms with Crippen LogP contribution in [0.3, 0.4) is 0 Å². The average molecular weight is 374 g/mol. The smallest absolute Gasteiger partial charge is 0.264 e. The zero-order valence-corrected chi connectivity index (χ0v) is 16.5. The summed E-state index contributed by atoms with van der Waals surface area (Å²) in [6.07, 6.45) is 2.09. The van der Waals surface area contributed by atoms with E-state index in [1.165, 1.54) is 10.4 Å². The molecule has 2 heterocycles. The van der Waals surface area contributed by atoms with Crippen LogP contribution in [-0.4, -0.2) is 36.1 Å². The van der Waals surface area contributed by atoms with E-state index in [9.17, 15) is 4.79 Å². The molecule has 1 aliphatic rings. The highest BCUT2D eigenvalue weighted by molar-refractivity contribution is 7.11. The predicted molar refractivity (Wildman–Crippen MR) is 105 cm³/mol. The predicted octanol–water partition coefficient (Wildman–Crippen LogP) is 2.93. The van der Waals surface area contributed by atoms with Crippen LogP contribution in [0.25, 0.3) is 0 Å². The summed E-state index contributed by atoms with van der Waals surface area (Å²) in [5.74, 6) is 0.725. The molecule has 1 aliphatic heterocycles. The van der Waals surface area contributed by atoms with Crippen molar-refractivity contribution in [2.45, 2.75) is 45.6 Å². The molecule has 1 amide bonds. The molecule has 0 spiro atoms. The number of hydrogen-bond acceptors (Lipinski definition) is 5. The van der Waals surface area contributed by atoms with Crippen LogP contribution in [-0.2, 0) is 11.2 Å². The summed E-state index contributed by atoms with van der Waals surface area (Å²) in [4.78, 5) is 18.8. The topological polar surface area (TPSA) is 63.2 Å². The number of hydrogen-bond donors (Lipinski definition) is 2. The van der Waals surface area contributed by atoms with E-state index in [0.717, 1.165) is 36.0 Å². The van der Waals surface area contributed by atoms with Crippen LogP contribution in [0.4, 0.5) is 0 Å². The van der Waals surface area contributed by atoms with Crippen LogP contribution in [0, 0.1) is 20.8 Å². The van der Waals surface area contributed by atoms with Gasteiger partial charge in [0, 0.05) is 30.7 Å². The van der Waals surface area contributed by atoms with Crippen molar-refractivity contribution in [3.05, 3.63) is 45.4 Å². The third kappa shape index (κ3) is 4.43. The first-order chi connectivity index (χ1) is 12.5. The van der Waals surface area contributed by atoms with Gasteiger partial charge in [-0.3, -0.25) is 4.79 Å². The van der Waals surface area contributed by atoms with E-state index in [2.05, 4.69) is 22.5 Å². The Labute approximate surface area is 159 Å². The molecule has 0 atom stereocenters. The number of thiazole rings is 1. The number of aromatic nitrogens is 1. The number of rotatable bonds is 6. The van der Waals surface area contributed by atoms with Crippen LogP contribution >= 0.6 is 11.3 Å². The van der Waals surface area contributed by atoms with E-state index in [-0.39, 0.29) is 5.91 Å². The number of benzene rings is 1. The van der Waals surface area contributed by atoms with Crippen molar-refractivity contribution >= 4 is 17.2 Å². The van der Waals surface area contributed by atoms with Crippen LogP contribution < -0.4 is 15.4 Å². The highest BCUT2D eigenvalue weighted by atomic mass is 32.1. The maximum Gasteiger partial charge on any atom is 0.264 e. The van der Waals surface area contributed by atoms with Gasteiger partial charge in [0.1, 0.15) is 5.75 Å². The largest absolute Gasteiger partial charge is 0.477 e. The molecule has 26 heavy (non-hydrogen) atoms. The summed E-state index contributed by atoms with van der Waals surface area (Å²) < 4.78 is 6.22. The van der Waals surface area contributed by atoms with Crippen molar-refractivity contribution in [3.8, 4) is 5.75 Å².